The van der Waals surface area contributed by atoms with Gasteiger partial charge in [0.2, 0.25) is 0 Å². The van der Waals surface area contributed by atoms with Crippen molar-refractivity contribution in [2.45, 2.75) is 39.7 Å². The third-order valence-corrected chi connectivity index (χ3v) is 3.12. The molecule has 0 aliphatic carbocycles. The lowest BCUT2D eigenvalue weighted by molar-refractivity contribution is 0.447. The van der Waals surface area contributed by atoms with Crippen molar-refractivity contribution >= 4 is 5.69 Å². The first-order valence-electron chi connectivity index (χ1n) is 6.27. The lowest BCUT2D eigenvalue weighted by Crippen LogP contribution is -2.09. The number of hydrogen-bond acceptors (Lipinski definition) is 4. The standard InChI is InChI=1S/C13H19N5/c1-4-5-10(3)18-13(15-16-17-18)12-8-11(14)7-6-9(12)2/h6-8,10H,4-5,14H2,1-3H3. The molecule has 0 fully saturated rings. The average molecular weight is 245 g/mol. The van der Waals surface area contributed by atoms with Gasteiger partial charge in [0.15, 0.2) is 5.82 Å². The van der Waals surface area contributed by atoms with Crippen LogP contribution < -0.4 is 5.73 Å². The van der Waals surface area contributed by atoms with Gasteiger partial charge in [-0.1, -0.05) is 19.4 Å². The number of anilines is 1. The van der Waals surface area contributed by atoms with Crippen LogP contribution in [0.2, 0.25) is 0 Å². The van der Waals surface area contributed by atoms with Crippen LogP contribution in [0.15, 0.2) is 18.2 Å². The Bertz CT molecular complexity index is 532. The largest absolute Gasteiger partial charge is 0.399 e. The highest BCUT2D eigenvalue weighted by molar-refractivity contribution is 5.65. The topological polar surface area (TPSA) is 69.6 Å². The molecule has 1 atom stereocenters. The van der Waals surface area contributed by atoms with Gasteiger partial charge >= 0.3 is 0 Å². The van der Waals surface area contributed by atoms with E-state index in [4.69, 9.17) is 5.73 Å². The summed E-state index contributed by atoms with van der Waals surface area (Å²) in [6, 6.07) is 6.10. The smallest absolute Gasteiger partial charge is 0.182 e. The molecule has 1 unspecified atom stereocenters. The summed E-state index contributed by atoms with van der Waals surface area (Å²) in [6.45, 7) is 6.33. The van der Waals surface area contributed by atoms with Crippen molar-refractivity contribution in [3.63, 3.8) is 0 Å². The fourth-order valence-electron chi connectivity index (χ4n) is 2.09. The van der Waals surface area contributed by atoms with Crippen LogP contribution >= 0.6 is 0 Å². The SMILES string of the molecule is CCCC(C)n1nnnc1-c1cc(N)ccc1C. The van der Waals surface area contributed by atoms with Crippen molar-refractivity contribution in [3.05, 3.63) is 23.8 Å². The van der Waals surface area contributed by atoms with E-state index in [2.05, 4.69) is 29.4 Å². The van der Waals surface area contributed by atoms with Gasteiger partial charge in [0.25, 0.3) is 0 Å². The molecule has 0 radical (unpaired) electrons. The zero-order valence-corrected chi connectivity index (χ0v) is 11.1. The lowest BCUT2D eigenvalue weighted by atomic mass is 10.1. The molecule has 0 amide bonds. The van der Waals surface area contributed by atoms with Crippen LogP contribution in [0.1, 0.15) is 38.3 Å². The predicted octanol–water partition coefficient (Wildman–Crippen LogP) is 2.59. The molecule has 1 heterocycles. The van der Waals surface area contributed by atoms with Crippen molar-refractivity contribution in [1.82, 2.24) is 20.2 Å². The van der Waals surface area contributed by atoms with E-state index in [1.54, 1.807) is 0 Å². The third kappa shape index (κ3) is 2.34. The number of hydrogen-bond donors (Lipinski definition) is 1. The summed E-state index contributed by atoms with van der Waals surface area (Å²) >= 11 is 0. The van der Waals surface area contributed by atoms with Gasteiger partial charge in [-0.15, -0.1) is 5.10 Å². The van der Waals surface area contributed by atoms with Crippen molar-refractivity contribution in [2.24, 2.45) is 0 Å². The second kappa shape index (κ2) is 5.16. The van der Waals surface area contributed by atoms with Gasteiger partial charge in [-0.3, -0.25) is 0 Å². The normalized spacial score (nSPS) is 12.6. The number of nitrogens with zero attached hydrogens (tertiary/aromatic N) is 4. The molecule has 0 aliphatic heterocycles. The Kier molecular flexibility index (Phi) is 3.60. The highest BCUT2D eigenvalue weighted by atomic mass is 15.5. The fourth-order valence-corrected chi connectivity index (χ4v) is 2.09. The van der Waals surface area contributed by atoms with Crippen LogP contribution in [0.3, 0.4) is 0 Å². The number of nitrogen functional groups attached to an aromatic ring is 1. The first-order valence-corrected chi connectivity index (χ1v) is 6.27. The van der Waals surface area contributed by atoms with E-state index in [0.29, 0.717) is 6.04 Å². The molecule has 2 aromatic rings. The Morgan fingerprint density at radius 3 is 2.89 bits per heavy atom. The molecule has 1 aromatic carbocycles. The maximum Gasteiger partial charge on any atom is 0.182 e. The Hall–Kier alpha value is -1.91. The van der Waals surface area contributed by atoms with E-state index >= 15 is 0 Å². The molecule has 5 nitrogen and oxygen atoms in total. The number of aromatic nitrogens is 4. The van der Waals surface area contributed by atoms with Crippen molar-refractivity contribution in [3.8, 4) is 11.4 Å². The van der Waals surface area contributed by atoms with Crippen LogP contribution in [0.4, 0.5) is 5.69 Å². The average Bonchev–Trinajstić information content (AvgIpc) is 2.81. The Labute approximate surface area is 107 Å². The zero-order chi connectivity index (χ0) is 13.1. The molecule has 18 heavy (non-hydrogen) atoms. The third-order valence-electron chi connectivity index (χ3n) is 3.12. The van der Waals surface area contributed by atoms with E-state index in [-0.39, 0.29) is 0 Å². The zero-order valence-electron chi connectivity index (χ0n) is 11.1. The van der Waals surface area contributed by atoms with Gasteiger partial charge in [0, 0.05) is 11.3 Å². The van der Waals surface area contributed by atoms with Crippen LogP contribution in [0.5, 0.6) is 0 Å². The van der Waals surface area contributed by atoms with Crippen molar-refractivity contribution in [1.29, 1.82) is 0 Å². The van der Waals surface area contributed by atoms with Crippen molar-refractivity contribution in [2.75, 3.05) is 5.73 Å². The number of rotatable bonds is 4. The Morgan fingerprint density at radius 2 is 2.17 bits per heavy atom. The first kappa shape index (κ1) is 12.5. The minimum Gasteiger partial charge on any atom is -0.399 e. The monoisotopic (exact) mass is 245 g/mol. The van der Waals surface area contributed by atoms with E-state index in [1.807, 2.05) is 29.8 Å². The fraction of sp³-hybridized carbons (Fsp3) is 0.462. The molecular weight excluding hydrogens is 226 g/mol. The second-order valence-electron chi connectivity index (χ2n) is 4.66. The Morgan fingerprint density at radius 1 is 1.39 bits per heavy atom. The van der Waals surface area contributed by atoms with Crippen LogP contribution in [-0.4, -0.2) is 20.2 Å². The minimum atomic E-state index is 0.292. The summed E-state index contributed by atoms with van der Waals surface area (Å²) in [5, 5.41) is 12.0. The quantitative estimate of drug-likeness (QED) is 0.840. The number of nitrogens with two attached hydrogens (primary N) is 1. The maximum atomic E-state index is 5.84. The van der Waals surface area contributed by atoms with E-state index < -0.39 is 0 Å². The summed E-state index contributed by atoms with van der Waals surface area (Å²) in [6.07, 6.45) is 2.16. The lowest BCUT2D eigenvalue weighted by Gasteiger charge is -2.13. The summed E-state index contributed by atoms with van der Waals surface area (Å²) < 4.78 is 1.88. The highest BCUT2D eigenvalue weighted by Crippen LogP contribution is 2.26. The predicted molar refractivity (Wildman–Crippen MR) is 72.0 cm³/mol. The number of aryl methyl sites for hydroxylation is 1. The molecule has 0 saturated heterocycles. The van der Waals surface area contributed by atoms with Gasteiger partial charge < -0.3 is 5.73 Å². The van der Waals surface area contributed by atoms with Gasteiger partial charge in [-0.05, 0) is 48.4 Å². The maximum absolute atomic E-state index is 5.84. The molecule has 96 valence electrons. The van der Waals surface area contributed by atoms with Gasteiger partial charge in [0.1, 0.15) is 0 Å². The van der Waals surface area contributed by atoms with E-state index in [9.17, 15) is 0 Å². The summed E-state index contributed by atoms with van der Waals surface area (Å²) in [5.74, 6) is 0.792. The summed E-state index contributed by atoms with van der Waals surface area (Å²) in [5.41, 5.74) is 8.70. The summed E-state index contributed by atoms with van der Waals surface area (Å²) in [4.78, 5) is 0. The first-order chi connectivity index (χ1) is 8.63. The molecule has 0 saturated carbocycles. The molecule has 2 N–H and O–H groups in total. The molecule has 2 rings (SSSR count). The molecule has 0 aliphatic rings. The van der Waals surface area contributed by atoms with Gasteiger partial charge in [0.05, 0.1) is 6.04 Å². The number of benzene rings is 1. The Balaban J connectivity index is 2.45. The molecule has 5 heteroatoms. The van der Waals surface area contributed by atoms with E-state index in [0.717, 1.165) is 35.5 Å². The highest BCUT2D eigenvalue weighted by Gasteiger charge is 2.15. The van der Waals surface area contributed by atoms with E-state index in [1.165, 1.54) is 0 Å². The van der Waals surface area contributed by atoms with Gasteiger partial charge in [-0.2, -0.15) is 0 Å². The molecule has 0 bridgehead atoms. The van der Waals surface area contributed by atoms with Gasteiger partial charge in [-0.25, -0.2) is 4.68 Å². The molecule has 0 spiro atoms. The van der Waals surface area contributed by atoms with Crippen molar-refractivity contribution < 1.29 is 0 Å². The van der Waals surface area contributed by atoms with Crippen LogP contribution in [0, 0.1) is 6.92 Å². The second-order valence-corrected chi connectivity index (χ2v) is 4.66. The number of tetrazole rings is 1. The minimum absolute atomic E-state index is 0.292. The summed E-state index contributed by atoms with van der Waals surface area (Å²) in [7, 11) is 0. The molecular formula is C13H19N5. The molecule has 1 aromatic heterocycles. The van der Waals surface area contributed by atoms with Crippen LogP contribution in [-0.2, 0) is 0 Å². The van der Waals surface area contributed by atoms with Crippen LogP contribution in [0.25, 0.3) is 11.4 Å².